The van der Waals surface area contributed by atoms with Gasteiger partial charge in [-0.2, -0.15) is 0 Å². The summed E-state index contributed by atoms with van der Waals surface area (Å²) < 4.78 is 0. The third-order valence-electron chi connectivity index (χ3n) is 4.01. The zero-order valence-corrected chi connectivity index (χ0v) is 13.2. The molecule has 0 saturated carbocycles. The van der Waals surface area contributed by atoms with Gasteiger partial charge in [0.25, 0.3) is 0 Å². The normalized spacial score (nSPS) is 24.2. The highest BCUT2D eigenvalue weighted by molar-refractivity contribution is 7.15. The summed E-state index contributed by atoms with van der Waals surface area (Å²) in [6.07, 6.45) is 2.38. The van der Waals surface area contributed by atoms with Gasteiger partial charge < -0.3 is 5.32 Å². The molecule has 112 valence electrons. The monoisotopic (exact) mass is 297 g/mol. The van der Waals surface area contributed by atoms with E-state index < -0.39 is 0 Å². The van der Waals surface area contributed by atoms with Crippen molar-refractivity contribution in [2.24, 2.45) is 5.92 Å². The molecule has 2 rings (SSSR count). The van der Waals surface area contributed by atoms with Crippen LogP contribution >= 0.6 is 11.3 Å². The van der Waals surface area contributed by atoms with Crippen LogP contribution in [0.25, 0.3) is 0 Å². The molecule has 0 amide bonds. The minimum atomic E-state index is -0.288. The number of rotatable bonds is 5. The highest BCUT2D eigenvalue weighted by Crippen LogP contribution is 2.41. The van der Waals surface area contributed by atoms with Crippen LogP contribution in [0.5, 0.6) is 0 Å². The molecule has 1 fully saturated rings. The zero-order chi connectivity index (χ0) is 14.7. The molecular formula is C14H23N3O2S. The SMILES string of the molecule is CNCC1CCCN(C(C)C)C1c1ccc([N+](=O)[O-])s1. The van der Waals surface area contributed by atoms with E-state index in [0.29, 0.717) is 18.0 Å². The van der Waals surface area contributed by atoms with Crippen molar-refractivity contribution in [3.8, 4) is 0 Å². The molecule has 5 nitrogen and oxygen atoms in total. The summed E-state index contributed by atoms with van der Waals surface area (Å²) in [4.78, 5) is 14.2. The molecule has 1 aliphatic heterocycles. The molecule has 0 aliphatic carbocycles. The molecule has 1 N–H and O–H groups in total. The van der Waals surface area contributed by atoms with Gasteiger partial charge in [0, 0.05) is 23.0 Å². The number of thiophene rings is 1. The molecule has 1 aromatic heterocycles. The van der Waals surface area contributed by atoms with Crippen molar-refractivity contribution in [2.45, 2.75) is 38.8 Å². The molecule has 0 radical (unpaired) electrons. The van der Waals surface area contributed by atoms with Crippen molar-refractivity contribution < 1.29 is 4.92 Å². The predicted molar refractivity (Wildman–Crippen MR) is 82.2 cm³/mol. The number of hydrogen-bond acceptors (Lipinski definition) is 5. The van der Waals surface area contributed by atoms with Crippen LogP contribution in [0.1, 0.15) is 37.6 Å². The molecule has 1 saturated heterocycles. The van der Waals surface area contributed by atoms with Crippen molar-refractivity contribution in [3.63, 3.8) is 0 Å². The zero-order valence-electron chi connectivity index (χ0n) is 12.3. The van der Waals surface area contributed by atoms with Gasteiger partial charge >= 0.3 is 5.00 Å². The Kier molecular flexibility index (Phi) is 5.12. The highest BCUT2D eigenvalue weighted by Gasteiger charge is 2.35. The number of hydrogen-bond donors (Lipinski definition) is 1. The Balaban J connectivity index is 2.30. The molecule has 1 aromatic rings. The molecule has 6 heteroatoms. The van der Waals surface area contributed by atoms with Gasteiger partial charge in [-0.1, -0.05) is 11.3 Å². The first kappa shape index (κ1) is 15.4. The lowest BCUT2D eigenvalue weighted by molar-refractivity contribution is -0.380. The minimum Gasteiger partial charge on any atom is -0.319 e. The third-order valence-corrected chi connectivity index (χ3v) is 5.12. The first-order valence-corrected chi connectivity index (χ1v) is 8.00. The molecular weight excluding hydrogens is 274 g/mol. The van der Waals surface area contributed by atoms with E-state index in [9.17, 15) is 10.1 Å². The van der Waals surface area contributed by atoms with Gasteiger partial charge in [0.15, 0.2) is 0 Å². The molecule has 0 spiro atoms. The Hall–Kier alpha value is -0.980. The van der Waals surface area contributed by atoms with Crippen molar-refractivity contribution in [3.05, 3.63) is 27.1 Å². The quantitative estimate of drug-likeness (QED) is 0.670. The molecule has 2 atom stereocenters. The summed E-state index contributed by atoms with van der Waals surface area (Å²) in [7, 11) is 1.97. The minimum absolute atomic E-state index is 0.248. The van der Waals surface area contributed by atoms with Crippen molar-refractivity contribution in [2.75, 3.05) is 20.1 Å². The van der Waals surface area contributed by atoms with E-state index in [2.05, 4.69) is 24.1 Å². The third kappa shape index (κ3) is 3.19. The summed E-state index contributed by atoms with van der Waals surface area (Å²) in [5.74, 6) is 0.523. The van der Waals surface area contributed by atoms with Gasteiger partial charge in [-0.3, -0.25) is 15.0 Å². The Morgan fingerprint density at radius 2 is 2.30 bits per heavy atom. The van der Waals surface area contributed by atoms with E-state index in [4.69, 9.17) is 0 Å². The lowest BCUT2D eigenvalue weighted by Crippen LogP contribution is -2.45. The van der Waals surface area contributed by atoms with E-state index in [1.54, 1.807) is 6.07 Å². The molecule has 2 unspecified atom stereocenters. The fourth-order valence-electron chi connectivity index (χ4n) is 3.15. The van der Waals surface area contributed by atoms with E-state index in [0.717, 1.165) is 18.0 Å². The second kappa shape index (κ2) is 6.65. The van der Waals surface area contributed by atoms with Crippen LogP contribution in [0.15, 0.2) is 12.1 Å². The smallest absolute Gasteiger partial charge is 0.319 e. The lowest BCUT2D eigenvalue weighted by atomic mass is 9.87. The Bertz CT molecular complexity index is 459. The first-order chi connectivity index (χ1) is 9.54. The summed E-state index contributed by atoms with van der Waals surface area (Å²) >= 11 is 1.33. The lowest BCUT2D eigenvalue weighted by Gasteiger charge is -2.43. The number of piperidine rings is 1. The average Bonchev–Trinajstić information content (AvgIpc) is 2.88. The fraction of sp³-hybridized carbons (Fsp3) is 0.714. The van der Waals surface area contributed by atoms with Crippen LogP contribution in [0.3, 0.4) is 0 Å². The van der Waals surface area contributed by atoms with Gasteiger partial charge in [-0.05, 0) is 58.8 Å². The molecule has 0 aromatic carbocycles. The van der Waals surface area contributed by atoms with E-state index in [-0.39, 0.29) is 9.92 Å². The number of nitrogens with one attached hydrogen (secondary N) is 1. The van der Waals surface area contributed by atoms with E-state index >= 15 is 0 Å². The van der Waals surface area contributed by atoms with Gasteiger partial charge in [0.1, 0.15) is 0 Å². The molecule has 2 heterocycles. The van der Waals surface area contributed by atoms with Crippen LogP contribution in [-0.2, 0) is 0 Å². The van der Waals surface area contributed by atoms with Gasteiger partial charge in [-0.25, -0.2) is 0 Å². The highest BCUT2D eigenvalue weighted by atomic mass is 32.1. The average molecular weight is 297 g/mol. The second-order valence-corrected chi connectivity index (χ2v) is 6.76. The van der Waals surface area contributed by atoms with Crippen LogP contribution < -0.4 is 5.32 Å². The Morgan fingerprint density at radius 1 is 1.55 bits per heavy atom. The second-order valence-electron chi connectivity index (χ2n) is 5.67. The standard InChI is InChI=1S/C14H23N3O2S/c1-10(2)16-8-4-5-11(9-15-3)14(16)12-6-7-13(20-12)17(18)19/h6-7,10-11,14-15H,4-5,8-9H2,1-3H3. The van der Waals surface area contributed by atoms with E-state index in [1.165, 1.54) is 24.2 Å². The summed E-state index contributed by atoms with van der Waals surface area (Å²) in [5, 5.41) is 14.4. The van der Waals surface area contributed by atoms with Crippen LogP contribution in [0, 0.1) is 16.0 Å². The maximum Gasteiger partial charge on any atom is 0.324 e. The summed E-state index contributed by atoms with van der Waals surface area (Å²) in [6.45, 7) is 6.45. The fourth-order valence-corrected chi connectivity index (χ4v) is 4.19. The van der Waals surface area contributed by atoms with Crippen molar-refractivity contribution in [1.29, 1.82) is 0 Å². The molecule has 1 aliphatic rings. The topological polar surface area (TPSA) is 58.4 Å². The predicted octanol–water partition coefficient (Wildman–Crippen LogP) is 3.04. The maximum atomic E-state index is 10.9. The van der Waals surface area contributed by atoms with Gasteiger partial charge in [-0.15, -0.1) is 0 Å². The van der Waals surface area contributed by atoms with Crippen LogP contribution in [0.4, 0.5) is 5.00 Å². The number of nitrogens with zero attached hydrogens (tertiary/aromatic N) is 2. The largest absolute Gasteiger partial charge is 0.324 e. The van der Waals surface area contributed by atoms with Gasteiger partial charge in [0.2, 0.25) is 0 Å². The molecule has 0 bridgehead atoms. The first-order valence-electron chi connectivity index (χ1n) is 7.19. The van der Waals surface area contributed by atoms with Crippen LogP contribution in [0.2, 0.25) is 0 Å². The van der Waals surface area contributed by atoms with Crippen molar-refractivity contribution in [1.82, 2.24) is 10.2 Å². The summed E-state index contributed by atoms with van der Waals surface area (Å²) in [6, 6.07) is 4.34. The van der Waals surface area contributed by atoms with Crippen LogP contribution in [-0.4, -0.2) is 36.0 Å². The van der Waals surface area contributed by atoms with E-state index in [1.807, 2.05) is 13.1 Å². The Morgan fingerprint density at radius 3 is 2.85 bits per heavy atom. The maximum absolute atomic E-state index is 10.9. The number of nitro groups is 1. The summed E-state index contributed by atoms with van der Waals surface area (Å²) in [5.41, 5.74) is 0. The van der Waals surface area contributed by atoms with Crippen molar-refractivity contribution >= 4 is 16.3 Å². The van der Waals surface area contributed by atoms with Gasteiger partial charge in [0.05, 0.1) is 4.92 Å². The number of likely N-dealkylation sites (tertiary alicyclic amines) is 1. The molecule has 20 heavy (non-hydrogen) atoms. The Labute approximate surface area is 124 Å².